The van der Waals surface area contributed by atoms with Gasteiger partial charge in [0.1, 0.15) is 5.01 Å². The molecule has 0 N–H and O–H groups in total. The third kappa shape index (κ3) is 3.86. The SMILES string of the molecule is C=CCN1C(=O)/C(=C/c2ccc([N+](=O)[O-])cc2)S/C1=N/c1nnc(C)s1. The van der Waals surface area contributed by atoms with Crippen molar-refractivity contribution in [3.63, 3.8) is 0 Å². The molecule has 3 rings (SSSR count). The van der Waals surface area contributed by atoms with Crippen molar-refractivity contribution in [3.05, 3.63) is 62.5 Å². The minimum absolute atomic E-state index is 0.000253. The Hall–Kier alpha value is -2.85. The first-order valence-electron chi connectivity index (χ1n) is 7.43. The molecular weight excluding hydrogens is 374 g/mol. The van der Waals surface area contributed by atoms with Crippen molar-refractivity contribution in [2.75, 3.05) is 6.54 Å². The topological polar surface area (TPSA) is 102 Å². The second-order valence-electron chi connectivity index (χ2n) is 5.16. The zero-order chi connectivity index (χ0) is 18.7. The van der Waals surface area contributed by atoms with Crippen LogP contribution in [0.25, 0.3) is 6.08 Å². The molecule has 1 aliphatic heterocycles. The molecule has 26 heavy (non-hydrogen) atoms. The molecule has 1 amide bonds. The third-order valence-corrected chi connectivity index (χ3v) is 5.05. The number of hydrogen-bond donors (Lipinski definition) is 0. The summed E-state index contributed by atoms with van der Waals surface area (Å²) in [5.41, 5.74) is 0.692. The van der Waals surface area contributed by atoms with Gasteiger partial charge in [-0.1, -0.05) is 17.4 Å². The van der Waals surface area contributed by atoms with Crippen LogP contribution in [-0.4, -0.2) is 37.6 Å². The van der Waals surface area contributed by atoms with Gasteiger partial charge < -0.3 is 0 Å². The molecule has 1 aromatic carbocycles. The van der Waals surface area contributed by atoms with Crippen LogP contribution in [0.3, 0.4) is 0 Å². The highest BCUT2D eigenvalue weighted by atomic mass is 32.2. The van der Waals surface area contributed by atoms with Crippen molar-refractivity contribution in [3.8, 4) is 0 Å². The zero-order valence-electron chi connectivity index (χ0n) is 13.7. The fraction of sp³-hybridized carbons (Fsp3) is 0.125. The molecule has 0 unspecified atom stereocenters. The first-order chi connectivity index (χ1) is 12.5. The summed E-state index contributed by atoms with van der Waals surface area (Å²) >= 11 is 2.56. The Kier molecular flexibility index (Phi) is 5.24. The maximum Gasteiger partial charge on any atom is 0.269 e. The summed E-state index contributed by atoms with van der Waals surface area (Å²) in [5.74, 6) is -0.201. The minimum Gasteiger partial charge on any atom is -0.282 e. The van der Waals surface area contributed by atoms with Gasteiger partial charge in [0.15, 0.2) is 5.17 Å². The molecule has 0 radical (unpaired) electrons. The molecule has 8 nitrogen and oxygen atoms in total. The molecule has 132 valence electrons. The summed E-state index contributed by atoms with van der Waals surface area (Å²) in [6.45, 7) is 5.82. The summed E-state index contributed by atoms with van der Waals surface area (Å²) in [5, 5.41) is 20.4. The second kappa shape index (κ2) is 7.58. The number of nitrogens with zero attached hydrogens (tertiary/aromatic N) is 5. The zero-order valence-corrected chi connectivity index (χ0v) is 15.3. The number of carbonyl (C=O) groups excluding carboxylic acids is 1. The van der Waals surface area contributed by atoms with E-state index in [0.717, 1.165) is 5.01 Å². The number of nitro groups is 1. The fourth-order valence-corrected chi connectivity index (χ4v) is 3.74. The fourth-order valence-electron chi connectivity index (χ4n) is 2.14. The van der Waals surface area contributed by atoms with E-state index in [-0.39, 0.29) is 11.6 Å². The lowest BCUT2D eigenvalue weighted by atomic mass is 10.2. The first-order valence-corrected chi connectivity index (χ1v) is 9.07. The smallest absolute Gasteiger partial charge is 0.269 e. The van der Waals surface area contributed by atoms with E-state index in [1.165, 1.54) is 40.1 Å². The molecule has 0 aliphatic carbocycles. The van der Waals surface area contributed by atoms with E-state index in [1.54, 1.807) is 24.3 Å². The van der Waals surface area contributed by atoms with Gasteiger partial charge in [-0.15, -0.1) is 16.8 Å². The Labute approximate surface area is 157 Å². The number of amides is 1. The summed E-state index contributed by atoms with van der Waals surface area (Å²) in [4.78, 5) is 29.3. The van der Waals surface area contributed by atoms with Crippen molar-refractivity contribution in [2.24, 2.45) is 4.99 Å². The summed E-state index contributed by atoms with van der Waals surface area (Å²) in [6, 6.07) is 5.99. The van der Waals surface area contributed by atoms with Gasteiger partial charge >= 0.3 is 0 Å². The van der Waals surface area contributed by atoms with E-state index in [9.17, 15) is 14.9 Å². The third-order valence-electron chi connectivity index (χ3n) is 3.31. The maximum absolute atomic E-state index is 12.6. The average Bonchev–Trinajstić information content (AvgIpc) is 3.14. The van der Waals surface area contributed by atoms with Crippen LogP contribution in [0.2, 0.25) is 0 Å². The van der Waals surface area contributed by atoms with E-state index in [0.29, 0.717) is 27.3 Å². The summed E-state index contributed by atoms with van der Waals surface area (Å²) in [6.07, 6.45) is 3.30. The Balaban J connectivity index is 1.90. The maximum atomic E-state index is 12.6. The number of thioether (sulfide) groups is 1. The van der Waals surface area contributed by atoms with Gasteiger partial charge in [-0.05, 0) is 42.5 Å². The molecule has 1 saturated heterocycles. The van der Waals surface area contributed by atoms with Gasteiger partial charge in [-0.2, -0.15) is 4.99 Å². The van der Waals surface area contributed by atoms with Crippen LogP contribution in [-0.2, 0) is 4.79 Å². The van der Waals surface area contributed by atoms with Crippen LogP contribution in [0, 0.1) is 17.0 Å². The molecule has 0 bridgehead atoms. The number of benzene rings is 1. The molecule has 1 aliphatic rings. The Morgan fingerprint density at radius 1 is 1.35 bits per heavy atom. The number of aryl methyl sites for hydroxylation is 1. The highest BCUT2D eigenvalue weighted by Crippen LogP contribution is 2.34. The van der Waals surface area contributed by atoms with Crippen LogP contribution < -0.4 is 0 Å². The van der Waals surface area contributed by atoms with E-state index in [2.05, 4.69) is 21.8 Å². The molecule has 1 aromatic heterocycles. The number of amidine groups is 1. The molecule has 0 atom stereocenters. The largest absolute Gasteiger partial charge is 0.282 e. The van der Waals surface area contributed by atoms with Crippen molar-refractivity contribution in [1.82, 2.24) is 15.1 Å². The number of carbonyl (C=O) groups is 1. The standard InChI is InChI=1S/C16H13N5O3S2/c1-3-8-20-14(22)13(9-11-4-6-12(7-5-11)21(23)24)26-16(20)17-15-19-18-10(2)25-15/h3-7,9H,1,8H2,2H3/b13-9-,17-16+. The van der Waals surface area contributed by atoms with Gasteiger partial charge in [-0.3, -0.25) is 19.8 Å². The number of nitro benzene ring substituents is 1. The van der Waals surface area contributed by atoms with Crippen molar-refractivity contribution >= 4 is 51.1 Å². The van der Waals surface area contributed by atoms with Crippen molar-refractivity contribution in [1.29, 1.82) is 0 Å². The second-order valence-corrected chi connectivity index (χ2v) is 7.33. The molecule has 10 heteroatoms. The Bertz CT molecular complexity index is 934. The molecule has 2 aromatic rings. The summed E-state index contributed by atoms with van der Waals surface area (Å²) in [7, 11) is 0. The van der Waals surface area contributed by atoms with Crippen LogP contribution in [0.15, 0.2) is 46.8 Å². The molecule has 0 saturated carbocycles. The number of hydrogen-bond acceptors (Lipinski definition) is 8. The van der Waals surface area contributed by atoms with Gasteiger partial charge in [0.25, 0.3) is 11.6 Å². The quantitative estimate of drug-likeness (QED) is 0.336. The first kappa shape index (κ1) is 18.0. The normalized spacial score (nSPS) is 17.3. The number of rotatable bonds is 5. The van der Waals surface area contributed by atoms with Crippen LogP contribution in [0.5, 0.6) is 0 Å². The summed E-state index contributed by atoms with van der Waals surface area (Å²) < 4.78 is 0. The van der Waals surface area contributed by atoms with Crippen molar-refractivity contribution < 1.29 is 9.72 Å². The molecule has 0 spiro atoms. The van der Waals surface area contributed by atoms with E-state index in [1.807, 2.05) is 6.92 Å². The van der Waals surface area contributed by atoms with Gasteiger partial charge in [0.2, 0.25) is 5.13 Å². The molecule has 2 heterocycles. The lowest BCUT2D eigenvalue weighted by Crippen LogP contribution is -2.29. The average molecular weight is 387 g/mol. The van der Waals surface area contributed by atoms with E-state index >= 15 is 0 Å². The van der Waals surface area contributed by atoms with E-state index in [4.69, 9.17) is 0 Å². The Morgan fingerprint density at radius 2 is 2.08 bits per heavy atom. The van der Waals surface area contributed by atoms with E-state index < -0.39 is 4.92 Å². The highest BCUT2D eigenvalue weighted by Gasteiger charge is 2.32. The lowest BCUT2D eigenvalue weighted by Gasteiger charge is -2.11. The van der Waals surface area contributed by atoms with Crippen molar-refractivity contribution in [2.45, 2.75) is 6.92 Å². The van der Waals surface area contributed by atoms with Crippen LogP contribution in [0.1, 0.15) is 10.6 Å². The highest BCUT2D eigenvalue weighted by molar-refractivity contribution is 8.18. The van der Waals surface area contributed by atoms with Gasteiger partial charge in [-0.25, -0.2) is 0 Å². The lowest BCUT2D eigenvalue weighted by molar-refractivity contribution is -0.384. The number of aromatic nitrogens is 2. The number of aliphatic imine (C=N–C) groups is 1. The van der Waals surface area contributed by atoms with Gasteiger partial charge in [0.05, 0.1) is 9.83 Å². The van der Waals surface area contributed by atoms with Crippen LogP contribution in [0.4, 0.5) is 10.8 Å². The minimum atomic E-state index is -0.465. The predicted octanol–water partition coefficient (Wildman–Crippen LogP) is 3.54. The number of non-ortho nitro benzene ring substituents is 1. The van der Waals surface area contributed by atoms with Crippen LogP contribution >= 0.6 is 23.1 Å². The molecular formula is C16H13N5O3S2. The Morgan fingerprint density at radius 3 is 2.65 bits per heavy atom. The monoisotopic (exact) mass is 387 g/mol. The van der Waals surface area contributed by atoms with Gasteiger partial charge in [0, 0.05) is 18.7 Å². The predicted molar refractivity (Wildman–Crippen MR) is 102 cm³/mol. The molecule has 1 fully saturated rings.